The Balaban J connectivity index is 0.000000484. The molecule has 4 aromatic rings. The van der Waals surface area contributed by atoms with Gasteiger partial charge in [-0.25, -0.2) is 9.59 Å². The van der Waals surface area contributed by atoms with Crippen molar-refractivity contribution in [3.05, 3.63) is 143 Å². The van der Waals surface area contributed by atoms with Crippen molar-refractivity contribution in [2.24, 2.45) is 59.0 Å². The molecular weight excluding hydrogens is 1750 g/mol. The van der Waals surface area contributed by atoms with E-state index in [1.165, 1.54) is 28.4 Å². The lowest BCUT2D eigenvalue weighted by Gasteiger charge is -2.41. The Kier molecular flexibility index (Phi) is 50.6. The normalized spacial score (nSPS) is 17.6. The van der Waals surface area contributed by atoms with E-state index in [1.807, 2.05) is 251 Å². The van der Waals surface area contributed by atoms with Crippen molar-refractivity contribution in [2.45, 2.75) is 325 Å². The quantitative estimate of drug-likeness (QED) is 0.0236. The van der Waals surface area contributed by atoms with Gasteiger partial charge in [-0.15, -0.1) is 0 Å². The topological polar surface area (TPSA) is 368 Å². The minimum Gasteiger partial charge on any atom is -0.480 e. The van der Waals surface area contributed by atoms with Crippen molar-refractivity contribution in [3.63, 3.8) is 0 Å². The minimum absolute atomic E-state index is 0.0113. The number of carboxylic acid groups (broad SMARTS) is 1. The van der Waals surface area contributed by atoms with E-state index in [-0.39, 0.29) is 146 Å². The molecule has 0 spiro atoms. The molecule has 2 fully saturated rings. The number of likely N-dealkylation sites (N-methyl/N-ethyl adjacent to an activating group) is 4. The summed E-state index contributed by atoms with van der Waals surface area (Å²) in [7, 11) is 16.0. The highest BCUT2D eigenvalue weighted by molar-refractivity contribution is 5.91. The van der Waals surface area contributed by atoms with Gasteiger partial charge in [-0.1, -0.05) is 219 Å². The molecule has 2 unspecified atom stereocenters. The molecule has 30 nitrogen and oxygen atoms in total. The number of benzene rings is 4. The predicted molar refractivity (Wildman–Crippen MR) is 531 cm³/mol. The van der Waals surface area contributed by atoms with E-state index >= 15 is 0 Å². The molecule has 18 atom stereocenters. The Morgan fingerprint density at radius 3 is 1.12 bits per heavy atom. The molecule has 6 rings (SSSR count). The zero-order valence-electron chi connectivity index (χ0n) is 88.0. The molecule has 2 heterocycles. The number of amides is 6. The van der Waals surface area contributed by atoms with Crippen molar-refractivity contribution in [2.75, 3.05) is 83.9 Å². The van der Waals surface area contributed by atoms with Crippen LogP contribution < -0.4 is 16.4 Å². The van der Waals surface area contributed by atoms with Gasteiger partial charge in [0.05, 0.1) is 112 Å². The average molecular weight is 1920 g/mol. The van der Waals surface area contributed by atoms with Crippen LogP contribution in [0.1, 0.15) is 230 Å². The van der Waals surface area contributed by atoms with Crippen LogP contribution in [0.4, 0.5) is 0 Å². The maximum Gasteiger partial charge on any atom is 0.328 e. The molecule has 2 aliphatic rings. The van der Waals surface area contributed by atoms with Gasteiger partial charge in [-0.3, -0.25) is 57.7 Å². The molecular formula is C107H169N9O21. The van der Waals surface area contributed by atoms with Gasteiger partial charge >= 0.3 is 29.8 Å². The fourth-order valence-electron chi connectivity index (χ4n) is 19.0. The summed E-state index contributed by atoms with van der Waals surface area (Å²) in [6, 6.07) is 29.1. The Morgan fingerprint density at radius 2 is 0.803 bits per heavy atom. The highest BCUT2D eigenvalue weighted by Gasteiger charge is 2.47. The first-order valence-corrected chi connectivity index (χ1v) is 48.9. The third kappa shape index (κ3) is 37.5. The number of methoxy groups -OCH3 is 6. The van der Waals surface area contributed by atoms with Crippen LogP contribution in [0, 0.1) is 53.3 Å². The van der Waals surface area contributed by atoms with Crippen LogP contribution in [-0.4, -0.2) is 280 Å². The third-order valence-corrected chi connectivity index (χ3v) is 26.4. The van der Waals surface area contributed by atoms with Gasteiger partial charge in [0.1, 0.15) is 29.3 Å². The molecule has 4 aromatic carbocycles. The number of Topliss-reactive ketones (excluding diaryl/α,β-unsaturated/α-hetero) is 1. The number of hydrogen-bond acceptors (Lipinski definition) is 23. The first-order chi connectivity index (χ1) is 64.3. The predicted octanol–water partition coefficient (Wildman–Crippen LogP) is 13.0. The molecule has 2 saturated heterocycles. The van der Waals surface area contributed by atoms with E-state index in [2.05, 4.69) is 10.6 Å². The Hall–Kier alpha value is -9.56. The van der Waals surface area contributed by atoms with E-state index in [0.29, 0.717) is 51.9 Å². The Bertz CT molecular complexity index is 4440. The smallest absolute Gasteiger partial charge is 0.328 e. The van der Waals surface area contributed by atoms with Crippen molar-refractivity contribution < 1.29 is 101 Å². The van der Waals surface area contributed by atoms with Gasteiger partial charge in [0.2, 0.25) is 35.4 Å². The first kappa shape index (κ1) is 120. The van der Waals surface area contributed by atoms with E-state index in [0.717, 1.165) is 46.2 Å². The molecule has 0 saturated carbocycles. The molecule has 5 N–H and O–H groups in total. The molecule has 0 aliphatic carbocycles. The molecule has 2 aliphatic heterocycles. The molecule has 0 bridgehead atoms. The number of hydrogen-bond donors (Lipinski definition) is 4. The minimum atomic E-state index is -0.907. The highest BCUT2D eigenvalue weighted by Crippen LogP contribution is 2.35. The zero-order chi connectivity index (χ0) is 103. The van der Waals surface area contributed by atoms with Gasteiger partial charge in [-0.2, -0.15) is 0 Å². The van der Waals surface area contributed by atoms with E-state index in [4.69, 9.17) is 43.6 Å². The van der Waals surface area contributed by atoms with E-state index in [1.54, 1.807) is 68.8 Å². The molecule has 768 valence electrons. The lowest BCUT2D eigenvalue weighted by Crippen LogP contribution is -2.56. The lowest BCUT2D eigenvalue weighted by atomic mass is 9.83. The molecule has 0 aromatic heterocycles. The lowest BCUT2D eigenvalue weighted by molar-refractivity contribution is -0.155. The number of ketones is 1. The van der Waals surface area contributed by atoms with E-state index < -0.39 is 114 Å². The summed E-state index contributed by atoms with van der Waals surface area (Å²) in [5.74, 6) is -6.15. The van der Waals surface area contributed by atoms with Crippen LogP contribution in [0.25, 0.3) is 0 Å². The summed E-state index contributed by atoms with van der Waals surface area (Å²) >= 11 is 0. The SMILES string of the molecule is CC(C)[C@@H](C(=O)O)N(C)Cc1cccc(CC(=O)OC(C)(C)C)c1.CC[C@H](C)[C@@H]([C@@H](CC(=O)N1CCCC1[C@H](OC)[C@@H](C)C(=O)N[C@@H](Cc1ccccc1)C(=O)OC)OC)N(C)C(=O)[C@@H](CC(=O)[C@H](C(C)C)N(C)Cc1cccc(CC(=O)OC(C)(C)C)c1)C(C)C.CC[C@H](C)[C@@H]([C@@H](CC(=O)N1CCCC1[C@H](OC)[C@@H](C)C(=O)N[C@@H](Cc1ccccc1)C(=O)OC)OC)N(C)C(=O)[C@@H](N)C(C)C. The van der Waals surface area contributed by atoms with Gasteiger partial charge in [0.25, 0.3) is 0 Å². The number of esters is 4. The van der Waals surface area contributed by atoms with Crippen molar-refractivity contribution in [3.8, 4) is 0 Å². The van der Waals surface area contributed by atoms with Crippen molar-refractivity contribution in [1.29, 1.82) is 0 Å². The summed E-state index contributed by atoms with van der Waals surface area (Å²) in [6.07, 6.45) is 2.76. The van der Waals surface area contributed by atoms with Crippen LogP contribution in [0.3, 0.4) is 0 Å². The number of likely N-dealkylation sites (tertiary alicyclic amines) is 2. The molecule has 137 heavy (non-hydrogen) atoms. The number of nitrogens with one attached hydrogen (secondary N) is 2. The number of carboxylic acids is 1. The van der Waals surface area contributed by atoms with E-state index in [9.17, 15) is 62.6 Å². The number of ether oxygens (including phenoxy) is 8. The van der Waals surface area contributed by atoms with Crippen molar-refractivity contribution >= 4 is 71.1 Å². The number of nitrogens with two attached hydrogens (primary N) is 1. The summed E-state index contributed by atoms with van der Waals surface area (Å²) < 4.78 is 44.7. The third-order valence-electron chi connectivity index (χ3n) is 26.4. The number of nitrogens with zero attached hydrogens (tertiary/aromatic N) is 6. The number of rotatable bonds is 50. The van der Waals surface area contributed by atoms with Crippen LogP contribution >= 0.6 is 0 Å². The van der Waals surface area contributed by atoms with Gasteiger partial charge in [0.15, 0.2) is 5.78 Å². The Morgan fingerprint density at radius 1 is 0.453 bits per heavy atom. The van der Waals surface area contributed by atoms with Gasteiger partial charge in [0, 0.05) is 93.9 Å². The van der Waals surface area contributed by atoms with Crippen LogP contribution in [0.5, 0.6) is 0 Å². The average Bonchev–Trinajstić information content (AvgIpc) is 1.75. The first-order valence-electron chi connectivity index (χ1n) is 48.9. The summed E-state index contributed by atoms with van der Waals surface area (Å²) in [4.78, 5) is 170. The summed E-state index contributed by atoms with van der Waals surface area (Å²) in [5.41, 5.74) is 10.5. The fraction of sp³-hybridized carbons (Fsp3) is 0.664. The van der Waals surface area contributed by atoms with Crippen LogP contribution in [0.15, 0.2) is 109 Å². The monoisotopic (exact) mass is 1920 g/mol. The standard InChI is InChI=1S/C54H84N4O10.C34H56N4O7.C19H29NO4/c1-16-36(6)49(45(65-13)32-46(60)58-27-21-26-43(58)50(66-14)37(7)51(62)55-42(53(64)67-15)29-38-22-18-17-19-23-38)57(12)52(63)41(34(2)3)31-44(59)48(35(4)5)56(11)33-40-25-20-24-39(28-40)30-47(61)68-54(8,9)10;1-10-22(4)30(37(6)33(41)29(35)21(2)3)27(43-7)20-28(39)38-18-14-17-26(38)31(44-8)23(5)32(40)36-25(34(42)45-9)19-24-15-12-11-13-16-24;1-13(2)17(18(22)23)20(6)12-15-9-7-8-14(10-15)11-16(21)24-19(3,4)5/h17-20,22-25,28,34-37,41-43,45,48-50H,16,21,26-27,29-33H2,1-15H3,(H,55,62);11-13,15-16,21-23,25-27,29-31H,10,14,17-20,35H2,1-9H3,(H,36,40);7-10,13,17H,11-12H2,1-6H3,(H,22,23)/t36-,37+,41-,42-,43?,45+,48-,49-,50+;22-,23+,25-,26?,27+,29-,30-,31+;17-/m000/s1. The second-order valence-electron chi connectivity index (χ2n) is 40.7. The highest BCUT2D eigenvalue weighted by atomic mass is 16.6. The Labute approximate surface area is 818 Å². The van der Waals surface area contributed by atoms with Gasteiger partial charge in [-0.05, 0) is 150 Å². The fourth-order valence-corrected chi connectivity index (χ4v) is 19.0. The summed E-state index contributed by atoms with van der Waals surface area (Å²) in [5, 5.41) is 15.1. The van der Waals surface area contributed by atoms with Crippen LogP contribution in [-0.2, 0) is 134 Å². The molecule has 6 amide bonds. The van der Waals surface area contributed by atoms with Gasteiger partial charge < -0.3 is 79.0 Å². The second kappa shape index (κ2) is 57.9. The number of carbonyl (C=O) groups is 12. The summed E-state index contributed by atoms with van der Waals surface area (Å²) in [6.45, 7) is 40.3. The van der Waals surface area contributed by atoms with Crippen LogP contribution in [0.2, 0.25) is 0 Å². The molecule has 0 radical (unpaired) electrons. The number of carbonyl (C=O) groups excluding carboxylic acids is 11. The maximum atomic E-state index is 14.8. The number of aliphatic carboxylic acids is 1. The second-order valence-corrected chi connectivity index (χ2v) is 40.7. The largest absolute Gasteiger partial charge is 0.480 e. The zero-order valence-corrected chi connectivity index (χ0v) is 88.0. The van der Waals surface area contributed by atoms with Crippen molar-refractivity contribution in [1.82, 2.24) is 40.0 Å². The molecule has 30 heteroatoms. The maximum absolute atomic E-state index is 14.8.